The molecule has 0 bridgehead atoms. The standard InChI is InChI=1S/C22H32O3/c1-16(2)8-6-9-17(3)10-7-12-22(4)13-11-18-14-19(23)15-20(24-5)21(18)25-22/h8,10,14-15,23H,6-7,9,11-13H2,1-5H3/t22-/m1/s1. The van der Waals surface area contributed by atoms with Crippen LogP contribution in [0.25, 0.3) is 0 Å². The number of rotatable bonds is 7. The number of hydrogen-bond acceptors (Lipinski definition) is 3. The van der Waals surface area contributed by atoms with Crippen molar-refractivity contribution in [1.82, 2.24) is 0 Å². The summed E-state index contributed by atoms with van der Waals surface area (Å²) in [4.78, 5) is 0. The van der Waals surface area contributed by atoms with Gasteiger partial charge in [0.1, 0.15) is 11.4 Å². The molecule has 1 aliphatic rings. The molecule has 1 aromatic rings. The Morgan fingerprint density at radius 1 is 1.24 bits per heavy atom. The Balaban J connectivity index is 1.96. The average molecular weight is 344 g/mol. The lowest BCUT2D eigenvalue weighted by Gasteiger charge is -2.36. The minimum absolute atomic E-state index is 0.187. The van der Waals surface area contributed by atoms with E-state index in [1.807, 2.05) is 0 Å². The molecule has 1 N–H and O–H groups in total. The van der Waals surface area contributed by atoms with Gasteiger partial charge in [-0.15, -0.1) is 0 Å². The first kappa shape index (κ1) is 19.4. The SMILES string of the molecule is COc1cc(O)cc2c1O[C@](C)(CCC=C(C)CCC=C(C)C)CC2. The Labute approximate surface area is 152 Å². The second kappa shape index (κ2) is 8.46. The van der Waals surface area contributed by atoms with Gasteiger partial charge in [-0.1, -0.05) is 23.3 Å². The van der Waals surface area contributed by atoms with Gasteiger partial charge in [0.15, 0.2) is 11.5 Å². The van der Waals surface area contributed by atoms with Crippen molar-refractivity contribution >= 4 is 0 Å². The van der Waals surface area contributed by atoms with E-state index in [1.54, 1.807) is 19.2 Å². The molecule has 25 heavy (non-hydrogen) atoms. The Bertz CT molecular complexity index is 636. The van der Waals surface area contributed by atoms with E-state index in [1.165, 1.54) is 11.1 Å². The third-order valence-electron chi connectivity index (χ3n) is 4.87. The van der Waals surface area contributed by atoms with Gasteiger partial charge in [-0.05, 0) is 72.3 Å². The number of methoxy groups -OCH3 is 1. The Hall–Kier alpha value is -1.90. The molecule has 138 valence electrons. The summed E-state index contributed by atoms with van der Waals surface area (Å²) in [6.45, 7) is 8.68. The molecule has 0 radical (unpaired) electrons. The maximum absolute atomic E-state index is 9.79. The molecule has 0 amide bonds. The van der Waals surface area contributed by atoms with Crippen molar-refractivity contribution in [3.63, 3.8) is 0 Å². The summed E-state index contributed by atoms with van der Waals surface area (Å²) in [7, 11) is 1.61. The number of aryl methyl sites for hydroxylation is 1. The Kier molecular flexibility index (Phi) is 6.57. The minimum atomic E-state index is -0.187. The number of allylic oxidation sites excluding steroid dienone is 4. The number of fused-ring (bicyclic) bond motifs is 1. The highest BCUT2D eigenvalue weighted by atomic mass is 16.5. The van der Waals surface area contributed by atoms with Crippen LogP contribution in [0.2, 0.25) is 0 Å². The van der Waals surface area contributed by atoms with Gasteiger partial charge in [-0.2, -0.15) is 0 Å². The van der Waals surface area contributed by atoms with Crippen LogP contribution in [0.15, 0.2) is 35.4 Å². The molecule has 0 unspecified atom stereocenters. The van der Waals surface area contributed by atoms with Gasteiger partial charge in [0.25, 0.3) is 0 Å². The van der Waals surface area contributed by atoms with Crippen LogP contribution in [-0.2, 0) is 6.42 Å². The van der Waals surface area contributed by atoms with E-state index in [9.17, 15) is 5.11 Å². The largest absolute Gasteiger partial charge is 0.508 e. The Morgan fingerprint density at radius 3 is 2.68 bits per heavy atom. The van der Waals surface area contributed by atoms with Gasteiger partial charge in [-0.3, -0.25) is 0 Å². The molecule has 0 aromatic heterocycles. The van der Waals surface area contributed by atoms with Crippen molar-refractivity contribution < 1.29 is 14.6 Å². The summed E-state index contributed by atoms with van der Waals surface area (Å²) in [5, 5.41) is 9.79. The fourth-order valence-corrected chi connectivity index (χ4v) is 3.28. The summed E-state index contributed by atoms with van der Waals surface area (Å²) < 4.78 is 11.7. The van der Waals surface area contributed by atoms with Crippen molar-refractivity contribution in [1.29, 1.82) is 0 Å². The lowest BCUT2D eigenvalue weighted by molar-refractivity contribution is 0.0535. The van der Waals surface area contributed by atoms with E-state index in [4.69, 9.17) is 9.47 Å². The van der Waals surface area contributed by atoms with Gasteiger partial charge in [0.05, 0.1) is 7.11 Å². The van der Waals surface area contributed by atoms with E-state index < -0.39 is 0 Å². The summed E-state index contributed by atoms with van der Waals surface area (Å²) in [6, 6.07) is 3.41. The molecular formula is C22H32O3. The van der Waals surface area contributed by atoms with E-state index in [-0.39, 0.29) is 11.4 Å². The summed E-state index contributed by atoms with van der Waals surface area (Å²) in [5.74, 6) is 1.64. The second-order valence-corrected chi connectivity index (χ2v) is 7.60. The fourth-order valence-electron chi connectivity index (χ4n) is 3.28. The van der Waals surface area contributed by atoms with Crippen LogP contribution in [0.4, 0.5) is 0 Å². The lowest BCUT2D eigenvalue weighted by Crippen LogP contribution is -2.36. The quantitative estimate of drug-likeness (QED) is 0.620. The number of phenolic OH excluding ortho intramolecular Hbond substituents is 1. The van der Waals surface area contributed by atoms with Crippen LogP contribution in [0.1, 0.15) is 65.4 Å². The molecular weight excluding hydrogens is 312 g/mol. The van der Waals surface area contributed by atoms with Gasteiger partial charge < -0.3 is 14.6 Å². The zero-order valence-electron chi connectivity index (χ0n) is 16.3. The molecule has 0 aliphatic carbocycles. The van der Waals surface area contributed by atoms with Crippen LogP contribution in [-0.4, -0.2) is 17.8 Å². The van der Waals surface area contributed by atoms with Crippen molar-refractivity contribution in [3.05, 3.63) is 41.0 Å². The molecule has 1 atom stereocenters. The molecule has 1 aromatic carbocycles. The summed E-state index contributed by atoms with van der Waals surface area (Å²) in [6.07, 6.45) is 10.7. The van der Waals surface area contributed by atoms with Gasteiger partial charge in [0, 0.05) is 11.6 Å². The third kappa shape index (κ3) is 5.55. The maximum atomic E-state index is 9.79. The molecule has 0 fully saturated rings. The lowest BCUT2D eigenvalue weighted by atomic mass is 9.88. The van der Waals surface area contributed by atoms with Crippen molar-refractivity contribution in [2.45, 2.75) is 71.8 Å². The zero-order valence-corrected chi connectivity index (χ0v) is 16.3. The highest BCUT2D eigenvalue weighted by Crippen LogP contribution is 2.43. The van der Waals surface area contributed by atoms with E-state index in [2.05, 4.69) is 39.8 Å². The topological polar surface area (TPSA) is 38.7 Å². The maximum Gasteiger partial charge on any atom is 0.165 e. The first-order valence-electron chi connectivity index (χ1n) is 9.21. The molecule has 2 rings (SSSR count). The van der Waals surface area contributed by atoms with Crippen LogP contribution in [0.3, 0.4) is 0 Å². The highest BCUT2D eigenvalue weighted by molar-refractivity contribution is 5.52. The van der Waals surface area contributed by atoms with Crippen molar-refractivity contribution in [2.24, 2.45) is 0 Å². The predicted octanol–water partition coefficient (Wildman–Crippen LogP) is 5.96. The molecule has 1 aliphatic heterocycles. The second-order valence-electron chi connectivity index (χ2n) is 7.60. The molecule has 1 heterocycles. The van der Waals surface area contributed by atoms with Crippen LogP contribution in [0, 0.1) is 0 Å². The summed E-state index contributed by atoms with van der Waals surface area (Å²) in [5.41, 5.74) is 3.67. The average Bonchev–Trinajstić information content (AvgIpc) is 2.54. The first-order valence-corrected chi connectivity index (χ1v) is 9.21. The number of aromatic hydroxyl groups is 1. The highest BCUT2D eigenvalue weighted by Gasteiger charge is 2.33. The monoisotopic (exact) mass is 344 g/mol. The Morgan fingerprint density at radius 2 is 2.00 bits per heavy atom. The number of hydrogen-bond donors (Lipinski definition) is 1. The van der Waals surface area contributed by atoms with E-state index in [0.717, 1.165) is 49.8 Å². The first-order chi connectivity index (χ1) is 11.8. The molecule has 3 heteroatoms. The molecule has 0 spiro atoms. The zero-order chi connectivity index (χ0) is 18.4. The van der Waals surface area contributed by atoms with E-state index >= 15 is 0 Å². The predicted molar refractivity (Wildman–Crippen MR) is 104 cm³/mol. The van der Waals surface area contributed by atoms with Crippen LogP contribution >= 0.6 is 0 Å². The summed E-state index contributed by atoms with van der Waals surface area (Å²) >= 11 is 0. The van der Waals surface area contributed by atoms with E-state index in [0.29, 0.717) is 5.75 Å². The fraction of sp³-hybridized carbons (Fsp3) is 0.545. The number of ether oxygens (including phenoxy) is 2. The van der Waals surface area contributed by atoms with Gasteiger partial charge >= 0.3 is 0 Å². The minimum Gasteiger partial charge on any atom is -0.508 e. The molecule has 0 saturated heterocycles. The van der Waals surface area contributed by atoms with Crippen LogP contribution in [0.5, 0.6) is 17.2 Å². The normalized spacial score (nSPS) is 19.8. The smallest absolute Gasteiger partial charge is 0.165 e. The van der Waals surface area contributed by atoms with Gasteiger partial charge in [-0.25, -0.2) is 0 Å². The van der Waals surface area contributed by atoms with Crippen molar-refractivity contribution in [3.8, 4) is 17.2 Å². The number of phenols is 1. The number of benzene rings is 1. The van der Waals surface area contributed by atoms with Gasteiger partial charge in [0.2, 0.25) is 0 Å². The van der Waals surface area contributed by atoms with Crippen LogP contribution < -0.4 is 9.47 Å². The molecule has 0 saturated carbocycles. The molecule has 3 nitrogen and oxygen atoms in total. The third-order valence-corrected chi connectivity index (χ3v) is 4.87. The van der Waals surface area contributed by atoms with Crippen molar-refractivity contribution in [2.75, 3.05) is 7.11 Å².